The van der Waals surface area contributed by atoms with Crippen LogP contribution in [-0.4, -0.2) is 50.4 Å². The van der Waals surface area contributed by atoms with Crippen LogP contribution in [-0.2, 0) is 11.3 Å². The second-order valence-corrected chi connectivity index (χ2v) is 6.43. The summed E-state index contributed by atoms with van der Waals surface area (Å²) in [5.74, 6) is 0.610. The maximum absolute atomic E-state index is 11.5. The van der Waals surface area contributed by atoms with Gasteiger partial charge >= 0.3 is 0 Å². The molecule has 9 heteroatoms. The van der Waals surface area contributed by atoms with Crippen LogP contribution < -0.4 is 10.6 Å². The largest absolute Gasteiger partial charge is 0.369 e. The van der Waals surface area contributed by atoms with Gasteiger partial charge in [0.25, 0.3) is 0 Å². The van der Waals surface area contributed by atoms with Crippen LogP contribution in [0.3, 0.4) is 0 Å². The molecule has 23 heavy (non-hydrogen) atoms. The van der Waals surface area contributed by atoms with Gasteiger partial charge in [-0.1, -0.05) is 18.7 Å². The molecule has 2 aromatic heterocycles. The summed E-state index contributed by atoms with van der Waals surface area (Å²) in [6, 6.07) is 0. The van der Waals surface area contributed by atoms with Crippen molar-refractivity contribution in [2.45, 2.75) is 37.3 Å². The smallest absolute Gasteiger partial charge is 0.237 e. The van der Waals surface area contributed by atoms with Crippen LogP contribution in [0.5, 0.6) is 0 Å². The lowest BCUT2D eigenvalue weighted by molar-refractivity contribution is -0.120. The fraction of sp³-hybridized carbons (Fsp3) is 0.571. The highest BCUT2D eigenvalue weighted by molar-refractivity contribution is 7.98. The number of hydrogen-bond donors (Lipinski definition) is 2. The van der Waals surface area contributed by atoms with Crippen molar-refractivity contribution in [2.24, 2.45) is 0 Å². The molecule has 2 rings (SSSR count). The Morgan fingerprint density at radius 1 is 1.43 bits per heavy atom. The van der Waals surface area contributed by atoms with E-state index in [9.17, 15) is 4.79 Å². The molecule has 1 atom stereocenters. The van der Waals surface area contributed by atoms with E-state index in [0.717, 1.165) is 29.8 Å². The van der Waals surface area contributed by atoms with Crippen molar-refractivity contribution in [1.29, 1.82) is 0 Å². The number of carbonyl (C=O) groups excluding carboxylic acids is 1. The van der Waals surface area contributed by atoms with E-state index >= 15 is 0 Å². The van der Waals surface area contributed by atoms with Crippen LogP contribution in [0.2, 0.25) is 0 Å². The van der Waals surface area contributed by atoms with Gasteiger partial charge in [0, 0.05) is 13.1 Å². The Kier molecular flexibility index (Phi) is 6.47. The second-order valence-electron chi connectivity index (χ2n) is 5.00. The van der Waals surface area contributed by atoms with Gasteiger partial charge in [-0.25, -0.2) is 14.6 Å². The van der Waals surface area contributed by atoms with Crippen molar-refractivity contribution in [1.82, 2.24) is 25.1 Å². The van der Waals surface area contributed by atoms with E-state index < -0.39 is 5.38 Å². The van der Waals surface area contributed by atoms with E-state index in [1.807, 2.05) is 6.26 Å². The minimum Gasteiger partial charge on any atom is -0.369 e. The molecule has 7 nitrogen and oxygen atoms in total. The maximum Gasteiger partial charge on any atom is 0.237 e. The summed E-state index contributed by atoms with van der Waals surface area (Å²) in [5, 5.41) is 11.5. The van der Waals surface area contributed by atoms with Crippen molar-refractivity contribution >= 4 is 46.1 Å². The molecular formula is C14H21ClN6OS. The molecule has 1 amide bonds. The van der Waals surface area contributed by atoms with Crippen molar-refractivity contribution in [2.75, 3.05) is 24.7 Å². The summed E-state index contributed by atoms with van der Waals surface area (Å²) in [5.41, 5.74) is 0.760. The zero-order chi connectivity index (χ0) is 16.8. The van der Waals surface area contributed by atoms with Crippen LogP contribution in [0, 0.1) is 0 Å². The number of rotatable bonds is 8. The van der Waals surface area contributed by atoms with Gasteiger partial charge in [-0.2, -0.15) is 5.10 Å². The van der Waals surface area contributed by atoms with Crippen molar-refractivity contribution in [3.8, 4) is 0 Å². The Morgan fingerprint density at radius 3 is 2.87 bits per heavy atom. The minimum absolute atomic E-state index is 0.187. The number of amides is 1. The van der Waals surface area contributed by atoms with E-state index in [0.29, 0.717) is 18.2 Å². The normalized spacial score (nSPS) is 12.3. The number of nitrogens with zero attached hydrogens (tertiary/aromatic N) is 4. The first-order valence-corrected chi connectivity index (χ1v) is 9.16. The van der Waals surface area contributed by atoms with Gasteiger partial charge in [-0.05, 0) is 19.6 Å². The fourth-order valence-electron chi connectivity index (χ4n) is 1.99. The molecule has 0 fully saturated rings. The van der Waals surface area contributed by atoms with Gasteiger partial charge in [-0.3, -0.25) is 4.79 Å². The summed E-state index contributed by atoms with van der Waals surface area (Å²) in [6.07, 6.45) is 4.70. The van der Waals surface area contributed by atoms with Crippen LogP contribution in [0.25, 0.3) is 11.0 Å². The third kappa shape index (κ3) is 4.48. The number of fused-ring (bicyclic) bond motifs is 1. The van der Waals surface area contributed by atoms with Crippen LogP contribution >= 0.6 is 23.4 Å². The summed E-state index contributed by atoms with van der Waals surface area (Å²) in [4.78, 5) is 20.5. The summed E-state index contributed by atoms with van der Waals surface area (Å²) >= 11 is 7.21. The third-order valence-electron chi connectivity index (χ3n) is 3.18. The predicted octanol–water partition coefficient (Wildman–Crippen LogP) is 2.11. The quantitative estimate of drug-likeness (QED) is 0.428. The summed E-state index contributed by atoms with van der Waals surface area (Å²) in [7, 11) is 0. The molecule has 1 unspecified atom stereocenters. The van der Waals surface area contributed by atoms with Gasteiger partial charge < -0.3 is 10.6 Å². The molecule has 0 spiro atoms. The number of halogens is 1. The van der Waals surface area contributed by atoms with Crippen molar-refractivity contribution in [3.63, 3.8) is 0 Å². The number of alkyl halides is 1. The Bertz CT molecular complexity index is 675. The van der Waals surface area contributed by atoms with Crippen molar-refractivity contribution in [3.05, 3.63) is 6.20 Å². The highest BCUT2D eigenvalue weighted by Gasteiger charge is 2.13. The molecule has 2 N–H and O–H groups in total. The van der Waals surface area contributed by atoms with Gasteiger partial charge in [-0.15, -0.1) is 11.6 Å². The van der Waals surface area contributed by atoms with Gasteiger partial charge in [0.2, 0.25) is 5.91 Å². The highest BCUT2D eigenvalue weighted by atomic mass is 35.5. The average molecular weight is 357 g/mol. The van der Waals surface area contributed by atoms with Gasteiger partial charge in [0.05, 0.1) is 18.1 Å². The lowest BCUT2D eigenvalue weighted by Crippen LogP contribution is -2.32. The standard InChI is InChI=1S/C14H21ClN6OS/c1-4-5-16-11-10-8-18-21(7-6-17-13(22)9(2)15)12(10)20-14(19-11)23-3/h8-9H,4-7H2,1-3H3,(H,17,22)(H,16,19,20). The Morgan fingerprint density at radius 2 is 2.22 bits per heavy atom. The number of aromatic nitrogens is 4. The second kappa shape index (κ2) is 8.35. The summed E-state index contributed by atoms with van der Waals surface area (Å²) < 4.78 is 1.77. The van der Waals surface area contributed by atoms with Crippen LogP contribution in [0.15, 0.2) is 11.4 Å². The molecule has 0 saturated carbocycles. The minimum atomic E-state index is -0.542. The lowest BCUT2D eigenvalue weighted by atomic mass is 10.3. The van der Waals surface area contributed by atoms with Crippen LogP contribution in [0.4, 0.5) is 5.82 Å². The van der Waals surface area contributed by atoms with E-state index in [1.54, 1.807) is 17.8 Å². The van der Waals surface area contributed by atoms with E-state index in [4.69, 9.17) is 11.6 Å². The molecule has 0 aliphatic carbocycles. The van der Waals surface area contributed by atoms with Gasteiger partial charge in [0.1, 0.15) is 11.2 Å². The molecule has 0 aliphatic heterocycles. The number of nitrogens with one attached hydrogen (secondary N) is 2. The lowest BCUT2D eigenvalue weighted by Gasteiger charge is -2.09. The first-order valence-electron chi connectivity index (χ1n) is 7.50. The first-order chi connectivity index (χ1) is 11.1. The topological polar surface area (TPSA) is 84.7 Å². The highest BCUT2D eigenvalue weighted by Crippen LogP contribution is 2.23. The van der Waals surface area contributed by atoms with Crippen molar-refractivity contribution < 1.29 is 4.79 Å². The Labute approximate surface area is 144 Å². The molecule has 0 aromatic carbocycles. The molecule has 126 valence electrons. The molecule has 0 saturated heterocycles. The molecule has 0 aliphatic rings. The summed E-state index contributed by atoms with van der Waals surface area (Å²) in [6.45, 7) is 5.56. The average Bonchev–Trinajstić information content (AvgIpc) is 2.95. The van der Waals surface area contributed by atoms with E-state index in [2.05, 4.69) is 32.6 Å². The monoisotopic (exact) mass is 356 g/mol. The molecule has 2 heterocycles. The van der Waals surface area contributed by atoms with Crippen LogP contribution in [0.1, 0.15) is 20.3 Å². The third-order valence-corrected chi connectivity index (χ3v) is 3.93. The van der Waals surface area contributed by atoms with E-state index in [1.165, 1.54) is 11.8 Å². The fourth-order valence-corrected chi connectivity index (χ4v) is 2.43. The first kappa shape index (κ1) is 17.8. The Balaban J connectivity index is 2.19. The zero-order valence-corrected chi connectivity index (χ0v) is 15.0. The zero-order valence-electron chi connectivity index (χ0n) is 13.5. The molecular weight excluding hydrogens is 336 g/mol. The number of thioether (sulfide) groups is 1. The van der Waals surface area contributed by atoms with Gasteiger partial charge in [0.15, 0.2) is 10.8 Å². The maximum atomic E-state index is 11.5. The van der Waals surface area contributed by atoms with E-state index in [-0.39, 0.29) is 5.91 Å². The molecule has 0 bridgehead atoms. The SMILES string of the molecule is CCCNc1nc(SC)nc2c1cnn2CCNC(=O)C(C)Cl. The molecule has 2 aromatic rings. The molecule has 0 radical (unpaired) electrons. The predicted molar refractivity (Wildman–Crippen MR) is 94.2 cm³/mol. The number of anilines is 1. The number of carbonyl (C=O) groups is 1. The Hall–Kier alpha value is -1.54. The number of hydrogen-bond acceptors (Lipinski definition) is 6.